The smallest absolute Gasteiger partial charge is 0.180 e. The lowest BCUT2D eigenvalue weighted by Crippen LogP contribution is -2.10. The molecule has 4 heteroatoms. The molecule has 0 heterocycles. The van der Waals surface area contributed by atoms with Gasteiger partial charge in [0.1, 0.15) is 0 Å². The van der Waals surface area contributed by atoms with Crippen LogP contribution in [0.25, 0.3) is 0 Å². The molecule has 0 atom stereocenters. The van der Waals surface area contributed by atoms with E-state index < -0.39 is 9.84 Å². The van der Waals surface area contributed by atoms with Gasteiger partial charge in [0, 0.05) is 6.54 Å². The Bertz CT molecular complexity index is 492. The highest BCUT2D eigenvalue weighted by Gasteiger charge is 2.16. The highest BCUT2D eigenvalue weighted by Crippen LogP contribution is 2.22. The molecular formula is C14H21NO2S. The van der Waals surface area contributed by atoms with Crippen LogP contribution in [0.2, 0.25) is 0 Å². The first-order valence-corrected chi connectivity index (χ1v) is 7.94. The SMILES string of the molecule is C/C=C/CCNc1ccccc1S(=O)(=O)CCC. The quantitative estimate of drug-likeness (QED) is 0.609. The molecule has 0 unspecified atom stereocenters. The van der Waals surface area contributed by atoms with Crippen LogP contribution in [-0.4, -0.2) is 20.7 Å². The van der Waals surface area contributed by atoms with Crippen molar-refractivity contribution >= 4 is 15.5 Å². The van der Waals surface area contributed by atoms with Crippen LogP contribution in [0.15, 0.2) is 41.3 Å². The summed E-state index contributed by atoms with van der Waals surface area (Å²) >= 11 is 0. The number of hydrogen-bond donors (Lipinski definition) is 1. The van der Waals surface area contributed by atoms with Crippen molar-refractivity contribution in [3.05, 3.63) is 36.4 Å². The van der Waals surface area contributed by atoms with Crippen LogP contribution in [0.4, 0.5) is 5.69 Å². The minimum absolute atomic E-state index is 0.195. The summed E-state index contributed by atoms with van der Waals surface area (Å²) in [6.45, 7) is 4.59. The van der Waals surface area contributed by atoms with Gasteiger partial charge in [-0.25, -0.2) is 8.42 Å². The van der Waals surface area contributed by atoms with Crippen LogP contribution in [-0.2, 0) is 9.84 Å². The molecule has 0 bridgehead atoms. The number of para-hydroxylation sites is 1. The fourth-order valence-electron chi connectivity index (χ4n) is 1.72. The van der Waals surface area contributed by atoms with E-state index in [4.69, 9.17) is 0 Å². The van der Waals surface area contributed by atoms with Crippen LogP contribution in [0.1, 0.15) is 26.7 Å². The molecule has 0 radical (unpaired) electrons. The molecule has 0 saturated heterocycles. The maximum atomic E-state index is 12.1. The molecule has 0 aliphatic heterocycles. The average Bonchev–Trinajstić information content (AvgIpc) is 2.35. The van der Waals surface area contributed by atoms with Crippen molar-refractivity contribution in [3.63, 3.8) is 0 Å². The Kier molecular flexibility index (Phi) is 5.92. The third kappa shape index (κ3) is 4.18. The summed E-state index contributed by atoms with van der Waals surface area (Å²) in [6.07, 6.45) is 5.56. The largest absolute Gasteiger partial charge is 0.384 e. The highest BCUT2D eigenvalue weighted by molar-refractivity contribution is 7.91. The molecular weight excluding hydrogens is 246 g/mol. The van der Waals surface area contributed by atoms with Gasteiger partial charge in [0.25, 0.3) is 0 Å². The second kappa shape index (κ2) is 7.21. The summed E-state index contributed by atoms with van der Waals surface area (Å²) in [4.78, 5) is 0.410. The predicted octanol–water partition coefficient (Wildman–Crippen LogP) is 3.25. The van der Waals surface area contributed by atoms with Crippen molar-refractivity contribution < 1.29 is 8.42 Å². The van der Waals surface area contributed by atoms with Crippen molar-refractivity contribution in [2.24, 2.45) is 0 Å². The number of benzene rings is 1. The second-order valence-electron chi connectivity index (χ2n) is 4.10. The molecule has 0 saturated carbocycles. The van der Waals surface area contributed by atoms with Crippen molar-refractivity contribution in [3.8, 4) is 0 Å². The van der Waals surface area contributed by atoms with Crippen LogP contribution in [0, 0.1) is 0 Å². The fraction of sp³-hybridized carbons (Fsp3) is 0.429. The van der Waals surface area contributed by atoms with Crippen LogP contribution in [0.5, 0.6) is 0 Å². The van der Waals surface area contributed by atoms with Crippen molar-refractivity contribution in [2.75, 3.05) is 17.6 Å². The normalized spacial score (nSPS) is 11.9. The third-order valence-electron chi connectivity index (χ3n) is 2.56. The zero-order valence-electron chi connectivity index (χ0n) is 11.0. The van der Waals surface area contributed by atoms with Gasteiger partial charge in [0.15, 0.2) is 9.84 Å². The highest BCUT2D eigenvalue weighted by atomic mass is 32.2. The molecule has 0 fully saturated rings. The lowest BCUT2D eigenvalue weighted by atomic mass is 10.3. The lowest BCUT2D eigenvalue weighted by molar-refractivity contribution is 0.595. The minimum Gasteiger partial charge on any atom is -0.384 e. The van der Waals surface area contributed by atoms with E-state index in [-0.39, 0.29) is 5.75 Å². The van der Waals surface area contributed by atoms with Gasteiger partial charge in [-0.1, -0.05) is 31.2 Å². The molecule has 1 aromatic rings. The first-order valence-electron chi connectivity index (χ1n) is 6.28. The summed E-state index contributed by atoms with van der Waals surface area (Å²) in [7, 11) is -3.16. The van der Waals surface area contributed by atoms with Crippen LogP contribution < -0.4 is 5.32 Å². The van der Waals surface area contributed by atoms with Crippen LogP contribution in [0.3, 0.4) is 0 Å². The zero-order valence-corrected chi connectivity index (χ0v) is 11.8. The van der Waals surface area contributed by atoms with E-state index in [2.05, 4.69) is 11.4 Å². The fourth-order valence-corrected chi connectivity index (χ4v) is 3.24. The summed E-state index contributed by atoms with van der Waals surface area (Å²) in [5.41, 5.74) is 0.704. The second-order valence-corrected chi connectivity index (χ2v) is 6.18. The van der Waals surface area contributed by atoms with Gasteiger partial charge >= 0.3 is 0 Å². The van der Waals surface area contributed by atoms with E-state index in [9.17, 15) is 8.42 Å². The Labute approximate surface area is 110 Å². The molecule has 3 nitrogen and oxygen atoms in total. The number of rotatable bonds is 7. The van der Waals surface area contributed by atoms with Crippen molar-refractivity contribution in [1.82, 2.24) is 0 Å². The maximum absolute atomic E-state index is 12.1. The molecule has 0 aliphatic rings. The van der Waals surface area contributed by atoms with Crippen molar-refractivity contribution in [2.45, 2.75) is 31.6 Å². The molecule has 18 heavy (non-hydrogen) atoms. The maximum Gasteiger partial charge on any atom is 0.180 e. The number of hydrogen-bond acceptors (Lipinski definition) is 3. The van der Waals surface area contributed by atoms with E-state index >= 15 is 0 Å². The average molecular weight is 267 g/mol. The first-order chi connectivity index (χ1) is 8.61. The van der Waals surface area contributed by atoms with Gasteiger partial charge in [-0.2, -0.15) is 0 Å². The summed E-state index contributed by atoms with van der Waals surface area (Å²) < 4.78 is 24.2. The standard InChI is InChI=1S/C14H21NO2S/c1-3-5-8-11-15-13-9-6-7-10-14(13)18(16,17)12-4-2/h3,5-7,9-10,15H,4,8,11-12H2,1-2H3/b5-3+. The molecule has 0 aliphatic carbocycles. The van der Waals surface area contributed by atoms with E-state index in [1.54, 1.807) is 12.1 Å². The summed E-state index contributed by atoms with van der Waals surface area (Å²) in [6, 6.07) is 7.10. The molecule has 1 aromatic carbocycles. The van der Waals surface area contributed by atoms with Gasteiger partial charge in [0.05, 0.1) is 16.3 Å². The van der Waals surface area contributed by atoms with Gasteiger partial charge in [-0.3, -0.25) is 0 Å². The Morgan fingerprint density at radius 3 is 2.67 bits per heavy atom. The zero-order chi connectivity index (χ0) is 13.4. The van der Waals surface area contributed by atoms with Crippen LogP contribution >= 0.6 is 0 Å². The predicted molar refractivity (Wildman–Crippen MR) is 76.7 cm³/mol. The topological polar surface area (TPSA) is 46.2 Å². The lowest BCUT2D eigenvalue weighted by Gasteiger charge is -2.11. The summed E-state index contributed by atoms with van der Waals surface area (Å²) in [5.74, 6) is 0.195. The Morgan fingerprint density at radius 1 is 1.28 bits per heavy atom. The molecule has 0 amide bonds. The first kappa shape index (κ1) is 14.8. The van der Waals surface area contributed by atoms with E-state index in [0.717, 1.165) is 13.0 Å². The molecule has 100 valence electrons. The molecule has 1 N–H and O–H groups in total. The Morgan fingerprint density at radius 2 is 2.00 bits per heavy atom. The van der Waals surface area contributed by atoms with Gasteiger partial charge in [0.2, 0.25) is 0 Å². The van der Waals surface area contributed by atoms with Gasteiger partial charge < -0.3 is 5.32 Å². The Hall–Kier alpha value is -1.29. The van der Waals surface area contributed by atoms with E-state index in [1.807, 2.05) is 32.1 Å². The summed E-state index contributed by atoms with van der Waals surface area (Å²) in [5, 5.41) is 3.18. The number of allylic oxidation sites excluding steroid dienone is 1. The molecule has 1 rings (SSSR count). The number of nitrogens with one attached hydrogen (secondary N) is 1. The van der Waals surface area contributed by atoms with E-state index in [0.29, 0.717) is 17.0 Å². The third-order valence-corrected chi connectivity index (χ3v) is 4.53. The van der Waals surface area contributed by atoms with E-state index in [1.165, 1.54) is 0 Å². The molecule has 0 aromatic heterocycles. The minimum atomic E-state index is -3.16. The van der Waals surface area contributed by atoms with Gasteiger partial charge in [-0.15, -0.1) is 0 Å². The number of sulfone groups is 1. The Balaban J connectivity index is 2.86. The number of anilines is 1. The van der Waals surface area contributed by atoms with Crippen molar-refractivity contribution in [1.29, 1.82) is 0 Å². The molecule has 0 spiro atoms. The monoisotopic (exact) mass is 267 g/mol. The van der Waals surface area contributed by atoms with Gasteiger partial charge in [-0.05, 0) is 31.9 Å².